The van der Waals surface area contributed by atoms with E-state index in [9.17, 15) is 4.79 Å². The first kappa shape index (κ1) is 19.8. The average molecular weight is 470 g/mol. The van der Waals surface area contributed by atoms with E-state index in [1.165, 1.54) is 17.3 Å². The first-order valence-electron chi connectivity index (χ1n) is 9.29. The maximum atomic E-state index is 12.3. The average Bonchev–Trinajstić information content (AvgIpc) is 3.44. The van der Waals surface area contributed by atoms with Crippen molar-refractivity contribution in [1.29, 1.82) is 0 Å². The molecule has 4 rings (SSSR count). The molecule has 0 bridgehead atoms. The van der Waals surface area contributed by atoms with Crippen LogP contribution in [0, 0.1) is 0 Å². The number of amides is 1. The van der Waals surface area contributed by atoms with Crippen molar-refractivity contribution in [2.24, 2.45) is 0 Å². The SMILES string of the molecule is C=CCn1c(SCC(=O)Nc2ccc(Br)cn2)nnc1C1CC1c1ccccc1. The van der Waals surface area contributed by atoms with E-state index in [0.29, 0.717) is 24.2 Å². The molecule has 1 amide bonds. The van der Waals surface area contributed by atoms with Crippen molar-refractivity contribution in [3.63, 3.8) is 0 Å². The number of halogens is 1. The summed E-state index contributed by atoms with van der Waals surface area (Å²) in [7, 11) is 0. The number of hydrogen-bond acceptors (Lipinski definition) is 5. The van der Waals surface area contributed by atoms with Gasteiger partial charge in [-0.15, -0.1) is 16.8 Å². The van der Waals surface area contributed by atoms with E-state index in [-0.39, 0.29) is 11.7 Å². The first-order chi connectivity index (χ1) is 14.2. The van der Waals surface area contributed by atoms with E-state index in [4.69, 9.17) is 0 Å². The predicted octanol–water partition coefficient (Wildman–Crippen LogP) is 4.62. The second kappa shape index (κ2) is 8.92. The number of carbonyl (C=O) groups excluding carboxylic acids is 1. The summed E-state index contributed by atoms with van der Waals surface area (Å²) in [5.74, 6) is 2.44. The molecular weight excluding hydrogens is 450 g/mol. The fraction of sp³-hybridized carbons (Fsp3) is 0.238. The van der Waals surface area contributed by atoms with Gasteiger partial charge in [-0.1, -0.05) is 48.2 Å². The van der Waals surface area contributed by atoms with Gasteiger partial charge in [-0.2, -0.15) is 0 Å². The number of nitrogens with zero attached hydrogens (tertiary/aromatic N) is 4. The molecule has 29 heavy (non-hydrogen) atoms. The molecule has 1 N–H and O–H groups in total. The Morgan fingerprint density at radius 1 is 1.24 bits per heavy atom. The maximum absolute atomic E-state index is 12.3. The number of thioether (sulfide) groups is 1. The zero-order chi connectivity index (χ0) is 20.2. The lowest BCUT2D eigenvalue weighted by molar-refractivity contribution is -0.113. The predicted molar refractivity (Wildman–Crippen MR) is 118 cm³/mol. The molecule has 0 saturated heterocycles. The number of allylic oxidation sites excluding steroid dienone is 1. The molecule has 1 fully saturated rings. The number of benzene rings is 1. The number of nitrogens with one attached hydrogen (secondary N) is 1. The molecular formula is C21H20BrN5OS. The molecule has 0 spiro atoms. The summed E-state index contributed by atoms with van der Waals surface area (Å²) >= 11 is 4.70. The Labute approximate surface area is 182 Å². The normalized spacial score (nSPS) is 17.7. The zero-order valence-corrected chi connectivity index (χ0v) is 18.1. The highest BCUT2D eigenvalue weighted by Crippen LogP contribution is 2.54. The van der Waals surface area contributed by atoms with Crippen LogP contribution >= 0.6 is 27.7 Å². The maximum Gasteiger partial charge on any atom is 0.236 e. The number of aromatic nitrogens is 4. The van der Waals surface area contributed by atoms with Crippen LogP contribution in [0.2, 0.25) is 0 Å². The Hall–Kier alpha value is -2.45. The van der Waals surface area contributed by atoms with Crippen molar-refractivity contribution in [2.45, 2.75) is 30.0 Å². The largest absolute Gasteiger partial charge is 0.310 e. The molecule has 6 nitrogen and oxygen atoms in total. The number of anilines is 1. The number of rotatable bonds is 8. The molecule has 8 heteroatoms. The molecule has 1 aliphatic carbocycles. The van der Waals surface area contributed by atoms with Gasteiger partial charge < -0.3 is 9.88 Å². The van der Waals surface area contributed by atoms with Crippen molar-refractivity contribution in [1.82, 2.24) is 19.7 Å². The quantitative estimate of drug-likeness (QED) is 0.384. The molecule has 0 radical (unpaired) electrons. The summed E-state index contributed by atoms with van der Waals surface area (Å²) in [4.78, 5) is 16.4. The molecule has 2 aromatic heterocycles. The summed E-state index contributed by atoms with van der Waals surface area (Å²) in [6, 6.07) is 14.1. The fourth-order valence-corrected chi connectivity index (χ4v) is 4.28. The van der Waals surface area contributed by atoms with E-state index in [1.807, 2.05) is 18.2 Å². The van der Waals surface area contributed by atoms with Crippen LogP contribution < -0.4 is 5.32 Å². The Bertz CT molecular complexity index is 1010. The molecule has 1 aromatic carbocycles. The smallest absolute Gasteiger partial charge is 0.236 e. The van der Waals surface area contributed by atoms with Crippen LogP contribution in [0.15, 0.2) is 70.9 Å². The van der Waals surface area contributed by atoms with Crippen LogP contribution in [0.25, 0.3) is 0 Å². The Morgan fingerprint density at radius 2 is 2.07 bits per heavy atom. The van der Waals surface area contributed by atoms with Gasteiger partial charge >= 0.3 is 0 Å². The highest BCUT2D eigenvalue weighted by Gasteiger charge is 2.43. The molecule has 148 valence electrons. The molecule has 2 heterocycles. The lowest BCUT2D eigenvalue weighted by atomic mass is 10.1. The van der Waals surface area contributed by atoms with Crippen molar-refractivity contribution < 1.29 is 4.79 Å². The van der Waals surface area contributed by atoms with Gasteiger partial charge in [0.05, 0.1) is 5.75 Å². The number of pyridine rings is 1. The van der Waals surface area contributed by atoms with E-state index in [1.54, 1.807) is 12.3 Å². The van der Waals surface area contributed by atoms with Crippen LogP contribution in [0.1, 0.15) is 29.6 Å². The van der Waals surface area contributed by atoms with Crippen molar-refractivity contribution in [3.05, 3.63) is 77.2 Å². The van der Waals surface area contributed by atoms with Crippen molar-refractivity contribution >= 4 is 39.4 Å². The van der Waals surface area contributed by atoms with Crippen LogP contribution in [-0.2, 0) is 11.3 Å². The van der Waals surface area contributed by atoms with Crippen molar-refractivity contribution in [3.8, 4) is 0 Å². The topological polar surface area (TPSA) is 72.7 Å². The summed E-state index contributed by atoms with van der Waals surface area (Å²) in [6.45, 7) is 4.48. The summed E-state index contributed by atoms with van der Waals surface area (Å²) in [5.41, 5.74) is 1.33. The molecule has 2 unspecified atom stereocenters. The molecule has 1 aliphatic rings. The third-order valence-electron chi connectivity index (χ3n) is 4.73. The van der Waals surface area contributed by atoms with E-state index in [2.05, 4.69) is 71.8 Å². The molecule has 0 aliphatic heterocycles. The number of carbonyl (C=O) groups is 1. The molecule has 2 atom stereocenters. The van der Waals surface area contributed by atoms with Gasteiger partial charge in [0.15, 0.2) is 5.16 Å². The Kier molecular flexibility index (Phi) is 6.10. The lowest BCUT2D eigenvalue weighted by Crippen LogP contribution is -2.15. The van der Waals surface area contributed by atoms with Gasteiger partial charge in [0.1, 0.15) is 11.6 Å². The second-order valence-electron chi connectivity index (χ2n) is 6.80. The second-order valence-corrected chi connectivity index (χ2v) is 8.66. The minimum Gasteiger partial charge on any atom is -0.310 e. The lowest BCUT2D eigenvalue weighted by Gasteiger charge is -2.08. The van der Waals surface area contributed by atoms with Gasteiger partial charge in [0, 0.05) is 23.1 Å². The van der Waals surface area contributed by atoms with Gasteiger partial charge in [-0.05, 0) is 46.0 Å². The first-order valence-corrected chi connectivity index (χ1v) is 11.1. The summed E-state index contributed by atoms with van der Waals surface area (Å²) in [6.07, 6.45) is 4.55. The molecule has 1 saturated carbocycles. The highest BCUT2D eigenvalue weighted by atomic mass is 79.9. The molecule has 3 aromatic rings. The van der Waals surface area contributed by atoms with Gasteiger partial charge in [-0.25, -0.2) is 4.98 Å². The fourth-order valence-electron chi connectivity index (χ4n) is 3.29. The standard InChI is InChI=1S/C21H20BrN5OS/c1-2-10-27-20(17-11-16(17)14-6-4-3-5-7-14)25-26-21(27)29-13-19(28)24-18-9-8-15(22)12-23-18/h2-9,12,16-17H,1,10-11,13H2,(H,23,24,28). The zero-order valence-electron chi connectivity index (χ0n) is 15.7. The minimum atomic E-state index is -0.131. The van der Waals surface area contributed by atoms with Crippen LogP contribution in [0.5, 0.6) is 0 Å². The Balaban J connectivity index is 1.41. The van der Waals surface area contributed by atoms with Crippen LogP contribution in [-0.4, -0.2) is 31.4 Å². The van der Waals surface area contributed by atoms with Gasteiger partial charge in [0.2, 0.25) is 5.91 Å². The third kappa shape index (κ3) is 4.76. The minimum absolute atomic E-state index is 0.131. The van der Waals surface area contributed by atoms with Gasteiger partial charge in [0.25, 0.3) is 0 Å². The summed E-state index contributed by atoms with van der Waals surface area (Å²) < 4.78 is 2.93. The van der Waals surface area contributed by atoms with Crippen molar-refractivity contribution in [2.75, 3.05) is 11.1 Å². The van der Waals surface area contributed by atoms with Crippen LogP contribution in [0.4, 0.5) is 5.82 Å². The van der Waals surface area contributed by atoms with E-state index >= 15 is 0 Å². The van der Waals surface area contributed by atoms with Crippen LogP contribution in [0.3, 0.4) is 0 Å². The third-order valence-corrected chi connectivity index (χ3v) is 6.17. The number of hydrogen-bond donors (Lipinski definition) is 1. The van der Waals surface area contributed by atoms with Gasteiger partial charge in [-0.3, -0.25) is 4.79 Å². The van der Waals surface area contributed by atoms with E-state index < -0.39 is 0 Å². The highest BCUT2D eigenvalue weighted by molar-refractivity contribution is 9.10. The Morgan fingerprint density at radius 3 is 2.79 bits per heavy atom. The van der Waals surface area contributed by atoms with E-state index in [0.717, 1.165) is 21.9 Å². The monoisotopic (exact) mass is 469 g/mol. The summed E-state index contributed by atoms with van der Waals surface area (Å²) in [5, 5.41) is 12.3.